The number of hydrogen-bond donors (Lipinski definition) is 1. The number of ketones is 1. The van der Waals surface area contributed by atoms with Crippen LogP contribution < -0.4 is 4.74 Å². The number of aromatic nitrogens is 1. The van der Waals surface area contributed by atoms with Crippen LogP contribution in [0.15, 0.2) is 54.4 Å². The van der Waals surface area contributed by atoms with Crippen molar-refractivity contribution in [3.63, 3.8) is 0 Å². The number of nitrogens with zero attached hydrogens (tertiary/aromatic N) is 1. The van der Waals surface area contributed by atoms with E-state index in [0.29, 0.717) is 23.2 Å². The van der Waals surface area contributed by atoms with Gasteiger partial charge in [0.1, 0.15) is 5.75 Å². The fourth-order valence-electron chi connectivity index (χ4n) is 2.77. The van der Waals surface area contributed by atoms with E-state index in [9.17, 15) is 23.1 Å². The summed E-state index contributed by atoms with van der Waals surface area (Å²) in [5, 5.41) is 9.57. The van der Waals surface area contributed by atoms with E-state index in [4.69, 9.17) is 0 Å². The summed E-state index contributed by atoms with van der Waals surface area (Å²) < 4.78 is 40.8. The van der Waals surface area contributed by atoms with Crippen molar-refractivity contribution in [1.29, 1.82) is 0 Å². The van der Waals surface area contributed by atoms with E-state index in [1.807, 2.05) is 0 Å². The van der Waals surface area contributed by atoms with Crippen molar-refractivity contribution in [3.05, 3.63) is 60.1 Å². The number of benzene rings is 1. The number of rotatable bonds is 3. The molecule has 1 aromatic carbocycles. The third kappa shape index (κ3) is 4.37. The van der Waals surface area contributed by atoms with Crippen LogP contribution in [0.5, 0.6) is 5.75 Å². The predicted octanol–water partition coefficient (Wildman–Crippen LogP) is 4.54. The Balaban J connectivity index is 1.80. The van der Waals surface area contributed by atoms with Gasteiger partial charge >= 0.3 is 6.36 Å². The van der Waals surface area contributed by atoms with Crippen LogP contribution >= 0.6 is 0 Å². The second-order valence-corrected chi connectivity index (χ2v) is 5.75. The second kappa shape index (κ2) is 6.58. The van der Waals surface area contributed by atoms with Crippen molar-refractivity contribution in [2.75, 3.05) is 0 Å². The zero-order valence-corrected chi connectivity index (χ0v) is 13.0. The lowest BCUT2D eigenvalue weighted by Gasteiger charge is -2.18. The van der Waals surface area contributed by atoms with Gasteiger partial charge in [0, 0.05) is 42.3 Å². The van der Waals surface area contributed by atoms with Crippen LogP contribution in [0.1, 0.15) is 24.5 Å². The van der Waals surface area contributed by atoms with E-state index in [-0.39, 0.29) is 29.6 Å². The normalized spacial score (nSPS) is 18.0. The number of aliphatic hydroxyl groups excluding tert-OH is 1. The van der Waals surface area contributed by atoms with Gasteiger partial charge in [-0.2, -0.15) is 0 Å². The van der Waals surface area contributed by atoms with Gasteiger partial charge in [-0.25, -0.2) is 0 Å². The first kappa shape index (κ1) is 17.0. The molecule has 1 aliphatic carbocycles. The summed E-state index contributed by atoms with van der Waals surface area (Å²) in [6.07, 6.45) is -1.39. The highest BCUT2D eigenvalue weighted by Gasteiger charge is 2.31. The van der Waals surface area contributed by atoms with Gasteiger partial charge in [-0.15, -0.1) is 13.2 Å². The first-order valence-corrected chi connectivity index (χ1v) is 7.55. The summed E-state index contributed by atoms with van der Waals surface area (Å²) in [4.78, 5) is 15.8. The molecule has 0 fully saturated rings. The lowest BCUT2D eigenvalue weighted by atomic mass is 9.89. The van der Waals surface area contributed by atoms with E-state index < -0.39 is 6.36 Å². The maximum absolute atomic E-state index is 12.3. The quantitative estimate of drug-likeness (QED) is 0.884. The number of halogens is 3. The fourth-order valence-corrected chi connectivity index (χ4v) is 2.77. The minimum atomic E-state index is -4.75. The minimum Gasteiger partial charge on any atom is -0.512 e. The van der Waals surface area contributed by atoms with Crippen molar-refractivity contribution < 1.29 is 27.8 Å². The first-order chi connectivity index (χ1) is 11.8. The van der Waals surface area contributed by atoms with E-state index >= 15 is 0 Å². The molecular formula is C18H14F3NO3. The molecule has 0 spiro atoms. The van der Waals surface area contributed by atoms with Crippen LogP contribution in [0.3, 0.4) is 0 Å². The molecule has 1 atom stereocenters. The number of aliphatic hydroxyl groups is 1. The zero-order valence-electron chi connectivity index (χ0n) is 13.0. The summed E-state index contributed by atoms with van der Waals surface area (Å²) in [5.41, 5.74) is 1.81. The Morgan fingerprint density at radius 3 is 2.56 bits per heavy atom. The molecule has 1 unspecified atom stereocenters. The standard InChI is InChI=1S/C18H14F3NO3/c19-18(20,21)25-16-3-1-2-11(8-16)12-4-5-17(22-10-12)13-6-14(23)9-15(24)7-13/h1-5,8-10,13,23H,6-7H2. The molecule has 25 heavy (non-hydrogen) atoms. The molecule has 0 radical (unpaired) electrons. The number of alkyl halides is 3. The van der Waals surface area contributed by atoms with Gasteiger partial charge in [0.25, 0.3) is 0 Å². The second-order valence-electron chi connectivity index (χ2n) is 5.75. The topological polar surface area (TPSA) is 59.4 Å². The lowest BCUT2D eigenvalue weighted by molar-refractivity contribution is -0.274. The smallest absolute Gasteiger partial charge is 0.512 e. The van der Waals surface area contributed by atoms with Crippen molar-refractivity contribution in [2.45, 2.75) is 25.1 Å². The molecule has 1 aliphatic rings. The average Bonchev–Trinajstić information content (AvgIpc) is 2.53. The molecule has 4 nitrogen and oxygen atoms in total. The predicted molar refractivity (Wildman–Crippen MR) is 84.0 cm³/mol. The summed E-state index contributed by atoms with van der Waals surface area (Å²) >= 11 is 0. The van der Waals surface area contributed by atoms with Crippen LogP contribution in [0, 0.1) is 0 Å². The van der Waals surface area contributed by atoms with Gasteiger partial charge in [-0.1, -0.05) is 18.2 Å². The molecular weight excluding hydrogens is 335 g/mol. The highest BCUT2D eigenvalue weighted by molar-refractivity contribution is 5.91. The molecule has 0 saturated carbocycles. The minimum absolute atomic E-state index is 0.0316. The summed E-state index contributed by atoms with van der Waals surface area (Å²) in [5.74, 6) is -0.630. The van der Waals surface area contributed by atoms with Crippen molar-refractivity contribution in [2.24, 2.45) is 0 Å². The Kier molecular flexibility index (Phi) is 4.48. The van der Waals surface area contributed by atoms with Gasteiger partial charge in [0.15, 0.2) is 5.78 Å². The summed E-state index contributed by atoms with van der Waals surface area (Å²) in [6.45, 7) is 0. The van der Waals surface area contributed by atoms with Crippen LogP contribution in [-0.4, -0.2) is 22.2 Å². The molecule has 0 bridgehead atoms. The molecule has 1 aromatic heterocycles. The maximum Gasteiger partial charge on any atom is 0.573 e. The van der Waals surface area contributed by atoms with Crippen molar-refractivity contribution in [1.82, 2.24) is 4.98 Å². The van der Waals surface area contributed by atoms with E-state index in [1.165, 1.54) is 30.5 Å². The fraction of sp³-hybridized carbons (Fsp3) is 0.222. The highest BCUT2D eigenvalue weighted by Crippen LogP contribution is 2.31. The Morgan fingerprint density at radius 1 is 1.12 bits per heavy atom. The largest absolute Gasteiger partial charge is 0.573 e. The monoisotopic (exact) mass is 349 g/mol. The summed E-state index contributed by atoms with van der Waals surface area (Å²) in [6, 6.07) is 9.05. The third-order valence-electron chi connectivity index (χ3n) is 3.84. The Labute approximate surface area is 141 Å². The van der Waals surface area contributed by atoms with Crippen LogP contribution in [-0.2, 0) is 4.79 Å². The molecule has 3 rings (SSSR count). The Hall–Kier alpha value is -2.83. The van der Waals surface area contributed by atoms with Crippen LogP contribution in [0.2, 0.25) is 0 Å². The molecule has 1 N–H and O–H groups in total. The van der Waals surface area contributed by atoms with Gasteiger partial charge < -0.3 is 9.84 Å². The van der Waals surface area contributed by atoms with E-state index in [0.717, 1.165) is 0 Å². The first-order valence-electron chi connectivity index (χ1n) is 7.55. The van der Waals surface area contributed by atoms with E-state index in [1.54, 1.807) is 18.2 Å². The van der Waals surface area contributed by atoms with Gasteiger partial charge in [-0.3, -0.25) is 9.78 Å². The van der Waals surface area contributed by atoms with Gasteiger partial charge in [-0.05, 0) is 23.8 Å². The van der Waals surface area contributed by atoms with E-state index in [2.05, 4.69) is 9.72 Å². The number of carbonyl (C=O) groups excluding carboxylic acids is 1. The highest BCUT2D eigenvalue weighted by atomic mass is 19.4. The number of pyridine rings is 1. The van der Waals surface area contributed by atoms with Crippen LogP contribution in [0.25, 0.3) is 11.1 Å². The van der Waals surface area contributed by atoms with Crippen molar-refractivity contribution >= 4 is 5.78 Å². The number of carbonyl (C=O) groups is 1. The number of hydrogen-bond acceptors (Lipinski definition) is 4. The SMILES string of the molecule is O=C1C=C(O)CC(c2ccc(-c3cccc(OC(F)(F)F)c3)cn2)C1. The molecule has 0 amide bonds. The van der Waals surface area contributed by atoms with Crippen LogP contribution in [0.4, 0.5) is 13.2 Å². The summed E-state index contributed by atoms with van der Waals surface area (Å²) in [7, 11) is 0. The lowest BCUT2D eigenvalue weighted by Crippen LogP contribution is -2.17. The zero-order chi connectivity index (χ0) is 18.0. The number of allylic oxidation sites excluding steroid dienone is 2. The Bertz CT molecular complexity index is 813. The molecule has 2 aromatic rings. The molecule has 0 aliphatic heterocycles. The molecule has 1 heterocycles. The van der Waals surface area contributed by atoms with Gasteiger partial charge in [0.2, 0.25) is 0 Å². The van der Waals surface area contributed by atoms with Gasteiger partial charge in [0.05, 0.1) is 5.76 Å². The molecule has 7 heteroatoms. The third-order valence-corrected chi connectivity index (χ3v) is 3.84. The number of ether oxygens (including phenoxy) is 1. The Morgan fingerprint density at radius 2 is 1.92 bits per heavy atom. The molecule has 130 valence electrons. The molecule has 0 saturated heterocycles. The average molecular weight is 349 g/mol. The van der Waals surface area contributed by atoms with Crippen molar-refractivity contribution in [3.8, 4) is 16.9 Å². The maximum atomic E-state index is 12.3.